The molecule has 4 unspecified atom stereocenters. The van der Waals surface area contributed by atoms with Gasteiger partial charge in [-0.25, -0.2) is 0 Å². The lowest BCUT2D eigenvalue weighted by atomic mass is 9.62. The highest BCUT2D eigenvalue weighted by Crippen LogP contribution is 2.47. The molecule has 0 aliphatic heterocycles. The maximum Gasteiger partial charge on any atom is 0.235 e. The molecular formula is C27H28N2O4S. The van der Waals surface area contributed by atoms with E-state index in [-0.39, 0.29) is 12.2 Å². The first-order valence-electron chi connectivity index (χ1n) is 11.2. The number of anilines is 2. The monoisotopic (exact) mass is 476 g/mol. The lowest BCUT2D eigenvalue weighted by Crippen LogP contribution is -2.56. The third kappa shape index (κ3) is 4.67. The van der Waals surface area contributed by atoms with Crippen LogP contribution < -0.4 is 10.6 Å². The quantitative estimate of drug-likeness (QED) is 0.466. The Morgan fingerprint density at radius 1 is 0.912 bits per heavy atom. The second-order valence-corrected chi connectivity index (χ2v) is 10.1. The van der Waals surface area contributed by atoms with Crippen LogP contribution >= 0.6 is 11.3 Å². The molecule has 1 saturated carbocycles. The third-order valence-corrected chi connectivity index (χ3v) is 7.48. The van der Waals surface area contributed by atoms with Gasteiger partial charge in [0.25, 0.3) is 0 Å². The molecule has 176 valence electrons. The molecule has 2 aromatic carbocycles. The Morgan fingerprint density at radius 2 is 1.47 bits per heavy atom. The number of rotatable bonds is 5. The zero-order valence-corrected chi connectivity index (χ0v) is 20.2. The summed E-state index contributed by atoms with van der Waals surface area (Å²) in [6.45, 7) is 5.26. The summed E-state index contributed by atoms with van der Waals surface area (Å²) >= 11 is 1.37. The number of thiophene rings is 1. The van der Waals surface area contributed by atoms with Gasteiger partial charge in [0.05, 0.1) is 11.5 Å². The van der Waals surface area contributed by atoms with Gasteiger partial charge in [0.1, 0.15) is 11.7 Å². The molecule has 0 saturated heterocycles. The van der Waals surface area contributed by atoms with Crippen molar-refractivity contribution >= 4 is 40.3 Å². The van der Waals surface area contributed by atoms with Gasteiger partial charge in [-0.2, -0.15) is 0 Å². The van der Waals surface area contributed by atoms with Crippen molar-refractivity contribution in [1.82, 2.24) is 0 Å². The van der Waals surface area contributed by atoms with Crippen molar-refractivity contribution in [2.24, 2.45) is 11.8 Å². The second kappa shape index (κ2) is 9.52. The van der Waals surface area contributed by atoms with Crippen LogP contribution in [0, 0.1) is 25.7 Å². The predicted octanol–water partition coefficient (Wildman–Crippen LogP) is 4.68. The maximum absolute atomic E-state index is 13.6. The van der Waals surface area contributed by atoms with Gasteiger partial charge in [0.15, 0.2) is 0 Å². The Labute approximate surface area is 203 Å². The topological polar surface area (TPSA) is 95.5 Å². The molecular weight excluding hydrogens is 448 g/mol. The molecule has 1 fully saturated rings. The fourth-order valence-corrected chi connectivity index (χ4v) is 5.66. The number of amides is 2. The molecule has 0 bridgehead atoms. The molecule has 1 aliphatic carbocycles. The van der Waals surface area contributed by atoms with E-state index < -0.39 is 35.2 Å². The van der Waals surface area contributed by atoms with Gasteiger partial charge in [-0.3, -0.25) is 14.4 Å². The van der Waals surface area contributed by atoms with Crippen LogP contribution in [0.1, 0.15) is 35.3 Å². The summed E-state index contributed by atoms with van der Waals surface area (Å²) in [5.41, 5.74) is 1.38. The third-order valence-electron chi connectivity index (χ3n) is 6.51. The summed E-state index contributed by atoms with van der Waals surface area (Å²) in [7, 11) is 0. The highest BCUT2D eigenvalue weighted by Gasteiger charge is 2.56. The van der Waals surface area contributed by atoms with Crippen molar-refractivity contribution in [3.05, 3.63) is 82.0 Å². The Balaban J connectivity index is 1.74. The Bertz CT molecular complexity index is 1220. The summed E-state index contributed by atoms with van der Waals surface area (Å²) in [5, 5.41) is 19.0. The number of aryl methyl sites for hydroxylation is 2. The fourth-order valence-electron chi connectivity index (χ4n) is 4.76. The standard InChI is InChI=1S/C27H28N2O4S/c1-16-9-4-6-11-18(16)28-25(31)22-20(30)15-27(3,33)24(23(22)21-13-8-14-34-21)26(32)29-19-12-7-5-10-17(19)2/h4-14,22-24,33H,15H2,1-3H3,(H,28,31)(H,29,32). The minimum Gasteiger partial charge on any atom is -0.389 e. The molecule has 2 amide bonds. The van der Waals surface area contributed by atoms with Crippen LogP contribution in [0.2, 0.25) is 0 Å². The number of ketones is 1. The van der Waals surface area contributed by atoms with Crippen molar-refractivity contribution in [2.45, 2.75) is 38.7 Å². The second-order valence-electron chi connectivity index (χ2n) is 9.11. The van der Waals surface area contributed by atoms with Crippen LogP contribution in [0.25, 0.3) is 0 Å². The number of benzene rings is 2. The Hall–Kier alpha value is -3.29. The van der Waals surface area contributed by atoms with E-state index in [4.69, 9.17) is 0 Å². The van der Waals surface area contributed by atoms with Crippen LogP contribution in [0.3, 0.4) is 0 Å². The van der Waals surface area contributed by atoms with Crippen LogP contribution in [-0.4, -0.2) is 28.3 Å². The molecule has 3 aromatic rings. The van der Waals surface area contributed by atoms with E-state index in [0.717, 1.165) is 11.1 Å². The number of hydrogen-bond donors (Lipinski definition) is 3. The maximum atomic E-state index is 13.6. The zero-order valence-electron chi connectivity index (χ0n) is 19.4. The van der Waals surface area contributed by atoms with E-state index in [9.17, 15) is 19.5 Å². The van der Waals surface area contributed by atoms with Gasteiger partial charge in [-0.1, -0.05) is 42.5 Å². The zero-order chi connectivity index (χ0) is 24.5. The van der Waals surface area contributed by atoms with E-state index >= 15 is 0 Å². The van der Waals surface area contributed by atoms with Gasteiger partial charge in [-0.05, 0) is 55.5 Å². The minimum atomic E-state index is -1.61. The molecule has 1 heterocycles. The number of carbonyl (C=O) groups excluding carboxylic acids is 3. The number of carbonyl (C=O) groups is 3. The first kappa shape index (κ1) is 23.9. The molecule has 1 aromatic heterocycles. The average Bonchev–Trinajstić information content (AvgIpc) is 3.30. The van der Waals surface area contributed by atoms with Crippen LogP contribution in [0.15, 0.2) is 66.0 Å². The van der Waals surface area contributed by atoms with Gasteiger partial charge in [0.2, 0.25) is 11.8 Å². The summed E-state index contributed by atoms with van der Waals surface area (Å²) < 4.78 is 0. The van der Waals surface area contributed by atoms with E-state index in [1.54, 1.807) is 12.1 Å². The molecule has 6 nitrogen and oxygen atoms in total. The largest absolute Gasteiger partial charge is 0.389 e. The van der Waals surface area contributed by atoms with Crippen LogP contribution in [0.5, 0.6) is 0 Å². The fraction of sp³-hybridized carbons (Fsp3) is 0.296. The van der Waals surface area contributed by atoms with Gasteiger partial charge in [-0.15, -0.1) is 11.3 Å². The molecule has 4 rings (SSSR count). The first-order chi connectivity index (χ1) is 16.2. The van der Waals surface area contributed by atoms with E-state index in [1.807, 2.05) is 67.8 Å². The summed E-state index contributed by atoms with van der Waals surface area (Å²) in [5.74, 6) is -4.18. The Morgan fingerprint density at radius 3 is 2.00 bits per heavy atom. The van der Waals surface area contributed by atoms with Crippen molar-refractivity contribution in [1.29, 1.82) is 0 Å². The molecule has 0 spiro atoms. The molecule has 3 N–H and O–H groups in total. The first-order valence-corrected chi connectivity index (χ1v) is 12.1. The summed E-state index contributed by atoms with van der Waals surface area (Å²) in [6.07, 6.45) is -0.285. The molecule has 1 aliphatic rings. The number of para-hydroxylation sites is 2. The van der Waals surface area contributed by atoms with Crippen LogP contribution in [-0.2, 0) is 14.4 Å². The number of Topliss-reactive ketones (excluding diaryl/α,β-unsaturated/α-hetero) is 1. The molecule has 4 atom stereocenters. The van der Waals surface area contributed by atoms with Crippen molar-refractivity contribution in [3.8, 4) is 0 Å². The van der Waals surface area contributed by atoms with Crippen molar-refractivity contribution in [3.63, 3.8) is 0 Å². The van der Waals surface area contributed by atoms with E-state index in [0.29, 0.717) is 16.3 Å². The summed E-state index contributed by atoms with van der Waals surface area (Å²) in [4.78, 5) is 41.1. The predicted molar refractivity (Wildman–Crippen MR) is 134 cm³/mol. The van der Waals surface area contributed by atoms with Gasteiger partial charge >= 0.3 is 0 Å². The lowest BCUT2D eigenvalue weighted by Gasteiger charge is -2.44. The van der Waals surface area contributed by atoms with E-state index in [1.165, 1.54) is 18.3 Å². The average molecular weight is 477 g/mol. The van der Waals surface area contributed by atoms with E-state index in [2.05, 4.69) is 10.6 Å². The normalized spacial score (nSPS) is 24.5. The highest BCUT2D eigenvalue weighted by molar-refractivity contribution is 7.10. The molecule has 34 heavy (non-hydrogen) atoms. The number of aliphatic hydroxyl groups is 1. The highest BCUT2D eigenvalue weighted by atomic mass is 32.1. The van der Waals surface area contributed by atoms with Gasteiger partial charge < -0.3 is 15.7 Å². The number of nitrogens with one attached hydrogen (secondary N) is 2. The summed E-state index contributed by atoms with van der Waals surface area (Å²) in [6, 6.07) is 18.3. The van der Waals surface area contributed by atoms with Gasteiger partial charge in [0, 0.05) is 28.6 Å². The number of hydrogen-bond acceptors (Lipinski definition) is 5. The SMILES string of the molecule is Cc1ccccc1NC(=O)C1C(=O)CC(C)(O)C(C(=O)Nc2ccccc2C)C1c1cccs1. The Kier molecular flexibility index (Phi) is 6.68. The minimum absolute atomic E-state index is 0.285. The molecule has 0 radical (unpaired) electrons. The lowest BCUT2D eigenvalue weighted by molar-refractivity contribution is -0.150. The van der Waals surface area contributed by atoms with Crippen molar-refractivity contribution < 1.29 is 19.5 Å². The molecule has 7 heteroatoms. The van der Waals surface area contributed by atoms with Crippen molar-refractivity contribution in [2.75, 3.05) is 10.6 Å². The smallest absolute Gasteiger partial charge is 0.235 e. The van der Waals surface area contributed by atoms with Crippen LogP contribution in [0.4, 0.5) is 11.4 Å².